The zero-order chi connectivity index (χ0) is 10.3. The van der Waals surface area contributed by atoms with Gasteiger partial charge in [0, 0.05) is 6.08 Å². The molecule has 0 atom stereocenters. The largest absolute Gasteiger partial charge is 0.367 e. The maximum absolute atomic E-state index is 10.8. The molecule has 0 bridgehead atoms. The highest BCUT2D eigenvalue weighted by Gasteiger charge is 2.24. The van der Waals surface area contributed by atoms with E-state index in [1.807, 2.05) is 0 Å². The molecule has 0 aliphatic rings. The molecule has 0 unspecified atom stereocenters. The zero-order valence-corrected chi connectivity index (χ0v) is 8.72. The minimum absolute atomic E-state index is 0.0847. The smallest absolute Gasteiger partial charge is 0.348 e. The number of hydrogen-bond acceptors (Lipinski definition) is 3. The highest BCUT2D eigenvalue weighted by molar-refractivity contribution is 5.80. The van der Waals surface area contributed by atoms with Gasteiger partial charge in [-0.05, 0) is 19.3 Å². The van der Waals surface area contributed by atoms with E-state index >= 15 is 0 Å². The molecular weight excluding hydrogens is 166 g/mol. The lowest BCUT2D eigenvalue weighted by Crippen LogP contribution is -2.44. The van der Waals surface area contributed by atoms with E-state index in [1.165, 1.54) is 0 Å². The fourth-order valence-electron chi connectivity index (χ4n) is 1.17. The van der Waals surface area contributed by atoms with Gasteiger partial charge in [0.15, 0.2) is 0 Å². The minimum Gasteiger partial charge on any atom is -0.367 e. The fourth-order valence-corrected chi connectivity index (χ4v) is 1.17. The molecule has 0 saturated carbocycles. The molecule has 0 aliphatic carbocycles. The number of nitrogens with one attached hydrogen (secondary N) is 1. The third-order valence-electron chi connectivity index (χ3n) is 2.57. The van der Waals surface area contributed by atoms with Crippen molar-refractivity contribution in [1.82, 2.24) is 5.48 Å². The molecule has 0 spiro atoms. The van der Waals surface area contributed by atoms with Gasteiger partial charge in [0.1, 0.15) is 0 Å². The van der Waals surface area contributed by atoms with Crippen LogP contribution in [0.25, 0.3) is 0 Å². The number of carbonyl (C=O) groups excluding carboxylic acids is 1. The van der Waals surface area contributed by atoms with Crippen LogP contribution in [-0.2, 0) is 9.63 Å². The average molecular weight is 185 g/mol. The summed E-state index contributed by atoms with van der Waals surface area (Å²) in [6.07, 6.45) is 3.96. The summed E-state index contributed by atoms with van der Waals surface area (Å²) in [5.41, 5.74) is 2.73. The van der Waals surface area contributed by atoms with Gasteiger partial charge >= 0.3 is 5.97 Å². The Morgan fingerprint density at radius 2 is 1.85 bits per heavy atom. The van der Waals surface area contributed by atoms with Crippen molar-refractivity contribution >= 4 is 5.97 Å². The van der Waals surface area contributed by atoms with Gasteiger partial charge in [-0.3, -0.25) is 0 Å². The third-order valence-corrected chi connectivity index (χ3v) is 2.57. The molecule has 0 amide bonds. The van der Waals surface area contributed by atoms with Crippen LogP contribution in [0.1, 0.15) is 40.0 Å². The van der Waals surface area contributed by atoms with E-state index < -0.39 is 5.97 Å². The van der Waals surface area contributed by atoms with Crippen molar-refractivity contribution in [2.45, 2.75) is 45.6 Å². The van der Waals surface area contributed by atoms with E-state index in [0.717, 1.165) is 25.3 Å². The molecular formula is C10H19NO2. The van der Waals surface area contributed by atoms with Gasteiger partial charge in [0.2, 0.25) is 0 Å². The van der Waals surface area contributed by atoms with Crippen molar-refractivity contribution in [3.8, 4) is 0 Å². The standard InChI is InChI=1S/C10H19NO2/c1-5-9(12)13-11-10(6-2,7-3)8-4/h5,11H,1,6-8H2,2-4H3. The molecule has 0 aromatic rings. The van der Waals surface area contributed by atoms with Crippen LogP contribution in [0.3, 0.4) is 0 Å². The molecule has 0 radical (unpaired) electrons. The van der Waals surface area contributed by atoms with Crippen LogP contribution in [-0.4, -0.2) is 11.5 Å². The normalized spacial score (nSPS) is 11.0. The maximum Gasteiger partial charge on any atom is 0.348 e. The lowest BCUT2D eigenvalue weighted by Gasteiger charge is -2.29. The van der Waals surface area contributed by atoms with Crippen LogP contribution in [0.5, 0.6) is 0 Å². The SMILES string of the molecule is C=CC(=O)ONC(CC)(CC)CC. The first-order valence-corrected chi connectivity index (χ1v) is 4.74. The Bertz CT molecular complexity index is 165. The molecule has 0 aliphatic heterocycles. The molecule has 0 saturated heterocycles. The zero-order valence-electron chi connectivity index (χ0n) is 8.72. The van der Waals surface area contributed by atoms with E-state index in [2.05, 4.69) is 32.8 Å². The Kier molecular flexibility index (Phi) is 5.39. The van der Waals surface area contributed by atoms with Crippen LogP contribution in [0.15, 0.2) is 12.7 Å². The Balaban J connectivity index is 4.09. The van der Waals surface area contributed by atoms with Crippen molar-refractivity contribution in [1.29, 1.82) is 0 Å². The first-order valence-electron chi connectivity index (χ1n) is 4.74. The summed E-state index contributed by atoms with van der Waals surface area (Å²) in [5, 5.41) is 0. The van der Waals surface area contributed by atoms with Crippen molar-refractivity contribution < 1.29 is 9.63 Å². The first-order chi connectivity index (χ1) is 6.14. The molecule has 0 rings (SSSR count). The lowest BCUT2D eigenvalue weighted by molar-refractivity contribution is -0.150. The van der Waals surface area contributed by atoms with E-state index in [0.29, 0.717) is 0 Å². The van der Waals surface area contributed by atoms with Crippen molar-refractivity contribution in [3.63, 3.8) is 0 Å². The van der Waals surface area contributed by atoms with Gasteiger partial charge in [-0.1, -0.05) is 27.4 Å². The van der Waals surface area contributed by atoms with E-state index in [-0.39, 0.29) is 5.54 Å². The van der Waals surface area contributed by atoms with Gasteiger partial charge in [0.25, 0.3) is 0 Å². The monoisotopic (exact) mass is 185 g/mol. The molecule has 3 nitrogen and oxygen atoms in total. The van der Waals surface area contributed by atoms with Crippen LogP contribution < -0.4 is 5.48 Å². The summed E-state index contributed by atoms with van der Waals surface area (Å²) < 4.78 is 0. The number of rotatable bonds is 6. The molecule has 76 valence electrons. The van der Waals surface area contributed by atoms with Crippen LogP contribution in [0, 0.1) is 0 Å². The third kappa shape index (κ3) is 3.59. The summed E-state index contributed by atoms with van der Waals surface area (Å²) in [6.45, 7) is 9.54. The Labute approximate surface area is 80.1 Å². The second kappa shape index (κ2) is 5.75. The number of carbonyl (C=O) groups is 1. The Morgan fingerprint density at radius 1 is 1.38 bits per heavy atom. The summed E-state index contributed by atoms with van der Waals surface area (Å²) in [6, 6.07) is 0. The average Bonchev–Trinajstić information content (AvgIpc) is 2.20. The molecule has 0 aromatic heterocycles. The Hall–Kier alpha value is -0.830. The summed E-state index contributed by atoms with van der Waals surface area (Å²) in [5.74, 6) is -0.431. The van der Waals surface area contributed by atoms with Crippen molar-refractivity contribution in [2.75, 3.05) is 0 Å². The van der Waals surface area contributed by atoms with Crippen molar-refractivity contribution in [3.05, 3.63) is 12.7 Å². The number of hydroxylamine groups is 1. The van der Waals surface area contributed by atoms with Gasteiger partial charge in [0.05, 0.1) is 5.54 Å². The lowest BCUT2D eigenvalue weighted by atomic mass is 9.91. The molecule has 1 N–H and O–H groups in total. The minimum atomic E-state index is -0.431. The van der Waals surface area contributed by atoms with Crippen molar-refractivity contribution in [2.24, 2.45) is 0 Å². The molecule has 3 heteroatoms. The summed E-state index contributed by atoms with van der Waals surface area (Å²) in [4.78, 5) is 15.6. The van der Waals surface area contributed by atoms with Gasteiger partial charge < -0.3 is 4.84 Å². The molecule has 0 heterocycles. The van der Waals surface area contributed by atoms with Crippen LogP contribution >= 0.6 is 0 Å². The highest BCUT2D eigenvalue weighted by Crippen LogP contribution is 2.18. The predicted molar refractivity (Wildman–Crippen MR) is 53.0 cm³/mol. The number of hydrogen-bond donors (Lipinski definition) is 1. The van der Waals surface area contributed by atoms with Crippen LogP contribution in [0.2, 0.25) is 0 Å². The summed E-state index contributed by atoms with van der Waals surface area (Å²) in [7, 11) is 0. The van der Waals surface area contributed by atoms with Gasteiger partial charge in [-0.25, -0.2) is 4.79 Å². The fraction of sp³-hybridized carbons (Fsp3) is 0.700. The Morgan fingerprint density at radius 3 is 2.15 bits per heavy atom. The quantitative estimate of drug-likeness (QED) is 0.509. The molecule has 0 aromatic carbocycles. The predicted octanol–water partition coefficient (Wildman–Crippen LogP) is 2.19. The second-order valence-corrected chi connectivity index (χ2v) is 3.07. The van der Waals surface area contributed by atoms with E-state index in [4.69, 9.17) is 4.84 Å². The topological polar surface area (TPSA) is 38.3 Å². The van der Waals surface area contributed by atoms with E-state index in [9.17, 15) is 4.79 Å². The van der Waals surface area contributed by atoms with Gasteiger partial charge in [-0.15, -0.1) is 5.48 Å². The second-order valence-electron chi connectivity index (χ2n) is 3.07. The highest BCUT2D eigenvalue weighted by atomic mass is 16.7. The summed E-state index contributed by atoms with van der Waals surface area (Å²) >= 11 is 0. The molecule has 0 fully saturated rings. The maximum atomic E-state index is 10.8. The van der Waals surface area contributed by atoms with E-state index in [1.54, 1.807) is 0 Å². The molecule has 13 heavy (non-hydrogen) atoms. The van der Waals surface area contributed by atoms with Gasteiger partial charge in [-0.2, -0.15) is 0 Å². The first kappa shape index (κ1) is 12.2. The van der Waals surface area contributed by atoms with Crippen LogP contribution in [0.4, 0.5) is 0 Å².